The minimum Gasteiger partial charge on any atom is -0.137 e. The number of rotatable bonds is 0. The molecule has 9 heavy (non-hydrogen) atoms. The Bertz CT molecular complexity index is 139. The highest BCUT2D eigenvalue weighted by molar-refractivity contribution is 7.82. The van der Waals surface area contributed by atoms with E-state index in [9.17, 15) is 0 Å². The summed E-state index contributed by atoms with van der Waals surface area (Å²) in [6, 6.07) is 2.05. The van der Waals surface area contributed by atoms with E-state index in [0.29, 0.717) is 0 Å². The van der Waals surface area contributed by atoms with E-state index in [0.717, 1.165) is 4.21 Å². The minimum absolute atomic E-state index is 1.09. The summed E-state index contributed by atoms with van der Waals surface area (Å²) in [5, 5.41) is 2.09. The smallest absolute Gasteiger partial charge is 0.0570 e. The van der Waals surface area contributed by atoms with Gasteiger partial charge in [0.15, 0.2) is 0 Å². The fraction of sp³-hybridized carbons (Fsp3) is 0.429. The highest BCUT2D eigenvalue weighted by Crippen LogP contribution is 2.16. The van der Waals surface area contributed by atoms with Crippen LogP contribution in [0.2, 0.25) is 0 Å². The first-order valence-electron chi connectivity index (χ1n) is 3.03. The van der Waals surface area contributed by atoms with Gasteiger partial charge in [0, 0.05) is 0 Å². The third kappa shape index (κ3) is 3.60. The van der Waals surface area contributed by atoms with Crippen LogP contribution in [-0.4, -0.2) is 0 Å². The van der Waals surface area contributed by atoms with Gasteiger partial charge >= 0.3 is 0 Å². The van der Waals surface area contributed by atoms with E-state index in [-0.39, 0.29) is 0 Å². The van der Waals surface area contributed by atoms with Gasteiger partial charge in [-0.25, -0.2) is 0 Å². The first kappa shape index (κ1) is 9.05. The number of thiol groups is 1. The number of hydrogen-bond donors (Lipinski definition) is 1. The van der Waals surface area contributed by atoms with Crippen LogP contribution in [0.5, 0.6) is 0 Å². The molecule has 0 bridgehead atoms. The maximum atomic E-state index is 4.12. The van der Waals surface area contributed by atoms with Gasteiger partial charge in [-0.15, -0.1) is 24.0 Å². The molecule has 0 fully saturated rings. The number of thiophene rings is 1. The van der Waals surface area contributed by atoms with Crippen LogP contribution in [0.25, 0.3) is 0 Å². The Morgan fingerprint density at radius 1 is 1.44 bits per heavy atom. The van der Waals surface area contributed by atoms with E-state index >= 15 is 0 Å². The summed E-state index contributed by atoms with van der Waals surface area (Å²) in [7, 11) is 0. The van der Waals surface area contributed by atoms with E-state index in [2.05, 4.69) is 24.9 Å². The predicted molar refractivity (Wildman–Crippen MR) is 47.7 cm³/mol. The van der Waals surface area contributed by atoms with E-state index in [4.69, 9.17) is 0 Å². The molecule has 0 nitrogen and oxygen atoms in total. The van der Waals surface area contributed by atoms with E-state index in [1.165, 1.54) is 5.56 Å². The summed E-state index contributed by atoms with van der Waals surface area (Å²) in [4.78, 5) is 0. The van der Waals surface area contributed by atoms with Crippen molar-refractivity contribution in [3.63, 3.8) is 0 Å². The van der Waals surface area contributed by atoms with E-state index < -0.39 is 0 Å². The van der Waals surface area contributed by atoms with Gasteiger partial charge in [0.05, 0.1) is 4.21 Å². The summed E-state index contributed by atoms with van der Waals surface area (Å²) in [6.45, 7) is 6.07. The molecule has 0 saturated carbocycles. The quantitative estimate of drug-likeness (QED) is 0.553. The van der Waals surface area contributed by atoms with Gasteiger partial charge in [0.2, 0.25) is 0 Å². The Morgan fingerprint density at radius 3 is 2.11 bits per heavy atom. The molecule has 1 heterocycles. The molecule has 0 amide bonds. The van der Waals surface area contributed by atoms with Crippen LogP contribution in [0.15, 0.2) is 15.7 Å². The van der Waals surface area contributed by atoms with Gasteiger partial charge in [-0.2, -0.15) is 0 Å². The van der Waals surface area contributed by atoms with Crippen LogP contribution in [0.3, 0.4) is 0 Å². The van der Waals surface area contributed by atoms with Crippen molar-refractivity contribution in [1.82, 2.24) is 0 Å². The second-order valence-corrected chi connectivity index (χ2v) is 3.16. The molecule has 1 rings (SSSR count). The molecule has 0 aliphatic heterocycles. The van der Waals surface area contributed by atoms with Gasteiger partial charge < -0.3 is 0 Å². The number of hydrogen-bond acceptors (Lipinski definition) is 2. The second-order valence-electron chi connectivity index (χ2n) is 1.46. The summed E-state index contributed by atoms with van der Waals surface area (Å²) >= 11 is 5.79. The van der Waals surface area contributed by atoms with Crippen LogP contribution in [0, 0.1) is 6.92 Å². The highest BCUT2D eigenvalue weighted by Gasteiger charge is 1.85. The van der Waals surface area contributed by atoms with Crippen molar-refractivity contribution < 1.29 is 0 Å². The van der Waals surface area contributed by atoms with E-state index in [1.807, 2.05) is 19.9 Å². The van der Waals surface area contributed by atoms with Gasteiger partial charge in [0.25, 0.3) is 0 Å². The van der Waals surface area contributed by atoms with Gasteiger partial charge in [-0.05, 0) is 23.9 Å². The first-order chi connectivity index (χ1) is 4.29. The summed E-state index contributed by atoms with van der Waals surface area (Å²) in [5.41, 5.74) is 1.30. The van der Waals surface area contributed by atoms with Crippen LogP contribution in [0.4, 0.5) is 0 Å². The minimum atomic E-state index is 1.09. The van der Waals surface area contributed by atoms with Crippen molar-refractivity contribution in [3.8, 4) is 0 Å². The van der Waals surface area contributed by atoms with Crippen molar-refractivity contribution in [3.05, 3.63) is 17.0 Å². The monoisotopic (exact) mass is 160 g/mol. The lowest BCUT2D eigenvalue weighted by molar-refractivity contribution is 1.50. The first-order valence-corrected chi connectivity index (χ1v) is 4.36. The fourth-order valence-electron chi connectivity index (χ4n) is 0.416. The molecule has 0 aliphatic rings. The van der Waals surface area contributed by atoms with Gasteiger partial charge in [-0.3, -0.25) is 0 Å². The van der Waals surface area contributed by atoms with Crippen molar-refractivity contribution >= 4 is 24.0 Å². The third-order valence-corrected chi connectivity index (χ3v) is 2.01. The SMILES string of the molecule is CC.Cc1csc(S)c1. The maximum absolute atomic E-state index is 4.12. The second kappa shape index (κ2) is 4.89. The van der Waals surface area contributed by atoms with Crippen molar-refractivity contribution in [2.45, 2.75) is 25.0 Å². The van der Waals surface area contributed by atoms with Crippen molar-refractivity contribution in [1.29, 1.82) is 0 Å². The van der Waals surface area contributed by atoms with Crippen LogP contribution in [0.1, 0.15) is 19.4 Å². The van der Waals surface area contributed by atoms with Gasteiger partial charge in [0.1, 0.15) is 0 Å². The lowest BCUT2D eigenvalue weighted by Gasteiger charge is -1.69. The Kier molecular flexibility index (Phi) is 4.91. The zero-order valence-electron chi connectivity index (χ0n) is 6.01. The molecule has 0 aromatic carbocycles. The molecule has 0 spiro atoms. The Morgan fingerprint density at radius 2 is 2.00 bits per heavy atom. The maximum Gasteiger partial charge on any atom is 0.0570 e. The molecule has 0 N–H and O–H groups in total. The third-order valence-electron chi connectivity index (χ3n) is 0.717. The molecule has 52 valence electrons. The fourth-order valence-corrected chi connectivity index (χ4v) is 1.41. The Balaban J connectivity index is 0.000000291. The molecule has 1 aromatic rings. The van der Waals surface area contributed by atoms with Crippen LogP contribution < -0.4 is 0 Å². The summed E-state index contributed by atoms with van der Waals surface area (Å²) in [5.74, 6) is 0. The molecular weight excluding hydrogens is 148 g/mol. The molecular formula is C7H12S2. The van der Waals surface area contributed by atoms with Gasteiger partial charge in [-0.1, -0.05) is 13.8 Å². The summed E-state index contributed by atoms with van der Waals surface area (Å²) in [6.07, 6.45) is 0. The standard InChI is InChI=1S/C5H6S2.C2H6/c1-4-2-5(6)7-3-4;1-2/h2-3,6H,1H3;1-2H3. The molecule has 0 aliphatic carbocycles. The zero-order valence-corrected chi connectivity index (χ0v) is 7.72. The summed E-state index contributed by atoms with van der Waals surface area (Å²) < 4.78 is 1.09. The largest absolute Gasteiger partial charge is 0.137 e. The predicted octanol–water partition coefficient (Wildman–Crippen LogP) is 3.37. The van der Waals surface area contributed by atoms with Crippen molar-refractivity contribution in [2.24, 2.45) is 0 Å². The molecule has 1 aromatic heterocycles. The average Bonchev–Trinajstić information content (AvgIpc) is 2.20. The van der Waals surface area contributed by atoms with Crippen LogP contribution >= 0.6 is 24.0 Å². The topological polar surface area (TPSA) is 0 Å². The highest BCUT2D eigenvalue weighted by atomic mass is 32.2. The van der Waals surface area contributed by atoms with E-state index in [1.54, 1.807) is 11.3 Å². The Labute approximate surface area is 66.3 Å². The normalized spacial score (nSPS) is 8.00. The lowest BCUT2D eigenvalue weighted by Crippen LogP contribution is -1.50. The molecule has 0 atom stereocenters. The number of aryl methyl sites for hydroxylation is 1. The molecule has 0 unspecified atom stereocenters. The molecule has 2 heteroatoms. The molecule has 0 radical (unpaired) electrons. The average molecular weight is 160 g/mol. The zero-order chi connectivity index (χ0) is 7.28. The lowest BCUT2D eigenvalue weighted by atomic mass is 10.4. The Hall–Kier alpha value is 0.0500. The van der Waals surface area contributed by atoms with Crippen LogP contribution in [-0.2, 0) is 0 Å². The molecule has 0 saturated heterocycles. The van der Waals surface area contributed by atoms with Crippen molar-refractivity contribution in [2.75, 3.05) is 0 Å².